The summed E-state index contributed by atoms with van der Waals surface area (Å²) in [6, 6.07) is 16.7. The molecule has 0 saturated heterocycles. The molecule has 0 spiro atoms. The van der Waals surface area contributed by atoms with Crippen molar-refractivity contribution in [2.24, 2.45) is 0 Å². The first-order valence-corrected chi connectivity index (χ1v) is 10.3. The molecule has 0 saturated carbocycles. The van der Waals surface area contributed by atoms with Crippen molar-refractivity contribution in [3.63, 3.8) is 0 Å². The lowest BCUT2D eigenvalue weighted by Crippen LogP contribution is -2.24. The van der Waals surface area contributed by atoms with Crippen LogP contribution >= 0.6 is 11.3 Å². The molecule has 8 nitrogen and oxygen atoms in total. The van der Waals surface area contributed by atoms with Gasteiger partial charge in [0.15, 0.2) is 5.06 Å². The lowest BCUT2D eigenvalue weighted by Gasteiger charge is -2.09. The van der Waals surface area contributed by atoms with Crippen LogP contribution in [0.3, 0.4) is 0 Å². The van der Waals surface area contributed by atoms with E-state index < -0.39 is 0 Å². The minimum Gasteiger partial charge on any atom is -0.447 e. The van der Waals surface area contributed by atoms with Gasteiger partial charge in [0.1, 0.15) is 17.4 Å². The highest BCUT2D eigenvalue weighted by molar-refractivity contribution is 7.13. The average Bonchev–Trinajstić information content (AvgIpc) is 3.25. The first-order chi connectivity index (χ1) is 15.2. The highest BCUT2D eigenvalue weighted by atomic mass is 32.1. The zero-order valence-electron chi connectivity index (χ0n) is 16.5. The molecule has 156 valence electrons. The minimum atomic E-state index is -0.288. The Balaban J connectivity index is 1.31. The molecule has 4 aromatic rings. The fraction of sp³-hybridized carbons (Fsp3) is 0.0909. The summed E-state index contributed by atoms with van der Waals surface area (Å²) in [5.74, 6) is 1.19. The third-order valence-electron chi connectivity index (χ3n) is 4.26. The molecule has 1 amide bonds. The number of pyridine rings is 1. The van der Waals surface area contributed by atoms with Gasteiger partial charge in [-0.05, 0) is 36.4 Å². The molecule has 3 aromatic heterocycles. The lowest BCUT2D eigenvalue weighted by molar-refractivity contribution is 0.0952. The van der Waals surface area contributed by atoms with Crippen LogP contribution < -0.4 is 21.1 Å². The zero-order chi connectivity index (χ0) is 21.5. The Bertz CT molecular complexity index is 1150. The van der Waals surface area contributed by atoms with Crippen LogP contribution in [0.5, 0.6) is 10.8 Å². The fourth-order valence-corrected chi connectivity index (χ4v) is 3.56. The number of rotatable bonds is 8. The van der Waals surface area contributed by atoms with Gasteiger partial charge in [-0.25, -0.2) is 4.98 Å². The highest BCUT2D eigenvalue weighted by Crippen LogP contribution is 2.29. The van der Waals surface area contributed by atoms with Gasteiger partial charge >= 0.3 is 0 Å². The number of carbonyl (C=O) groups excluding carboxylic acids is 1. The van der Waals surface area contributed by atoms with Crippen LogP contribution in [-0.4, -0.2) is 20.9 Å². The summed E-state index contributed by atoms with van der Waals surface area (Å²) in [5, 5.41) is 6.74. The van der Waals surface area contributed by atoms with Crippen LogP contribution in [0.25, 0.3) is 0 Å². The van der Waals surface area contributed by atoms with Crippen molar-refractivity contribution in [1.82, 2.24) is 20.3 Å². The second-order valence-corrected chi connectivity index (χ2v) is 7.63. The number of hydrogen-bond acceptors (Lipinski definition) is 8. The first-order valence-electron chi connectivity index (χ1n) is 9.52. The Morgan fingerprint density at radius 3 is 2.68 bits per heavy atom. The zero-order valence-corrected chi connectivity index (χ0v) is 17.3. The van der Waals surface area contributed by atoms with Gasteiger partial charge in [0, 0.05) is 17.3 Å². The van der Waals surface area contributed by atoms with E-state index >= 15 is 0 Å². The van der Waals surface area contributed by atoms with E-state index in [4.69, 9.17) is 10.5 Å². The highest BCUT2D eigenvalue weighted by Gasteiger charge is 2.12. The largest absolute Gasteiger partial charge is 0.447 e. The average molecular weight is 433 g/mol. The number of nitrogens with zero attached hydrogens (tertiary/aromatic N) is 3. The van der Waals surface area contributed by atoms with E-state index in [1.165, 1.54) is 11.3 Å². The normalized spacial score (nSPS) is 10.5. The Morgan fingerprint density at radius 1 is 1.03 bits per heavy atom. The molecule has 9 heteroatoms. The van der Waals surface area contributed by atoms with E-state index in [9.17, 15) is 4.79 Å². The molecule has 1 aromatic carbocycles. The molecule has 0 aliphatic carbocycles. The third kappa shape index (κ3) is 5.55. The Morgan fingerprint density at radius 2 is 1.90 bits per heavy atom. The van der Waals surface area contributed by atoms with Crippen LogP contribution in [0, 0.1) is 0 Å². The van der Waals surface area contributed by atoms with Gasteiger partial charge in [-0.3, -0.25) is 14.8 Å². The molecule has 3 heterocycles. The monoisotopic (exact) mass is 432 g/mol. The van der Waals surface area contributed by atoms with Gasteiger partial charge in [0.25, 0.3) is 5.91 Å². The van der Waals surface area contributed by atoms with Gasteiger partial charge in [0.2, 0.25) is 0 Å². The van der Waals surface area contributed by atoms with Crippen molar-refractivity contribution < 1.29 is 9.53 Å². The van der Waals surface area contributed by atoms with Crippen LogP contribution in [0.15, 0.2) is 73.2 Å². The Kier molecular flexibility index (Phi) is 6.34. The number of amides is 1. The van der Waals surface area contributed by atoms with Crippen LogP contribution in [0.1, 0.15) is 20.9 Å². The number of carbonyl (C=O) groups is 1. The van der Waals surface area contributed by atoms with Crippen molar-refractivity contribution >= 4 is 28.9 Å². The van der Waals surface area contributed by atoms with E-state index in [0.29, 0.717) is 24.5 Å². The number of benzene rings is 1. The number of ether oxygens (including phenoxy) is 1. The number of para-hydroxylation sites is 1. The van der Waals surface area contributed by atoms with E-state index in [0.717, 1.165) is 21.4 Å². The summed E-state index contributed by atoms with van der Waals surface area (Å²) in [4.78, 5) is 25.9. The van der Waals surface area contributed by atoms with E-state index in [1.54, 1.807) is 30.7 Å². The maximum Gasteiger partial charge on any atom is 0.255 e. The van der Waals surface area contributed by atoms with Crippen molar-refractivity contribution in [1.29, 1.82) is 0 Å². The van der Waals surface area contributed by atoms with Gasteiger partial charge < -0.3 is 21.1 Å². The fourth-order valence-electron chi connectivity index (χ4n) is 2.74. The molecule has 0 aliphatic heterocycles. The maximum atomic E-state index is 12.5. The lowest BCUT2D eigenvalue weighted by atomic mass is 10.2. The number of aromatic nitrogens is 3. The second kappa shape index (κ2) is 9.68. The minimum absolute atomic E-state index is 0.154. The predicted octanol–water partition coefficient (Wildman–Crippen LogP) is 3.85. The maximum absolute atomic E-state index is 12.5. The Hall–Kier alpha value is -3.98. The van der Waals surface area contributed by atoms with Crippen LogP contribution in [0.4, 0.5) is 11.6 Å². The summed E-state index contributed by atoms with van der Waals surface area (Å²) in [6.07, 6.45) is 4.90. The standard InChI is InChI=1S/C22H20N6O2S/c23-21-18(7-8-19(28-21)26-13-15-12-24-10-11-25-15)22(29)27-14-17-6-9-20(31-17)30-16-4-2-1-3-5-16/h1-12H,13-14H2,(H,27,29)(H3,23,26,28). The number of anilines is 2. The van der Waals surface area contributed by atoms with Gasteiger partial charge in [0.05, 0.1) is 30.5 Å². The summed E-state index contributed by atoms with van der Waals surface area (Å²) >= 11 is 1.47. The van der Waals surface area contributed by atoms with E-state index in [-0.39, 0.29) is 11.7 Å². The molecule has 0 aliphatic rings. The molecular weight excluding hydrogens is 412 g/mol. The summed E-state index contributed by atoms with van der Waals surface area (Å²) in [5.41, 5.74) is 7.09. The smallest absolute Gasteiger partial charge is 0.255 e. The molecular formula is C22H20N6O2S. The SMILES string of the molecule is Nc1nc(NCc2cnccn2)ccc1C(=O)NCc1ccc(Oc2ccccc2)s1. The van der Waals surface area contributed by atoms with E-state index in [1.807, 2.05) is 42.5 Å². The number of nitrogens with one attached hydrogen (secondary N) is 2. The van der Waals surface area contributed by atoms with Gasteiger partial charge in [-0.2, -0.15) is 0 Å². The van der Waals surface area contributed by atoms with Crippen LogP contribution in [0.2, 0.25) is 0 Å². The first kappa shape index (κ1) is 20.3. The number of nitrogens with two attached hydrogens (primary N) is 1. The molecule has 0 fully saturated rings. The molecule has 4 N–H and O–H groups in total. The van der Waals surface area contributed by atoms with Gasteiger partial charge in [-0.1, -0.05) is 18.2 Å². The quantitative estimate of drug-likeness (QED) is 0.387. The van der Waals surface area contributed by atoms with Crippen molar-refractivity contribution in [2.45, 2.75) is 13.1 Å². The summed E-state index contributed by atoms with van der Waals surface area (Å²) in [7, 11) is 0. The van der Waals surface area contributed by atoms with E-state index in [2.05, 4.69) is 25.6 Å². The molecule has 0 atom stereocenters. The second-order valence-electron chi connectivity index (χ2n) is 6.50. The summed E-state index contributed by atoms with van der Waals surface area (Å²) < 4.78 is 5.80. The topological polar surface area (TPSA) is 115 Å². The molecule has 31 heavy (non-hydrogen) atoms. The number of hydrogen-bond donors (Lipinski definition) is 3. The summed E-state index contributed by atoms with van der Waals surface area (Å²) in [6.45, 7) is 0.825. The molecule has 0 unspecified atom stereocenters. The molecule has 0 bridgehead atoms. The number of thiophene rings is 1. The number of nitrogen functional groups attached to an aromatic ring is 1. The Labute approximate surface area is 183 Å². The van der Waals surface area contributed by atoms with Gasteiger partial charge in [-0.15, -0.1) is 11.3 Å². The van der Waals surface area contributed by atoms with Crippen molar-refractivity contribution in [2.75, 3.05) is 11.1 Å². The van der Waals surface area contributed by atoms with Crippen molar-refractivity contribution in [3.05, 3.63) is 89.3 Å². The predicted molar refractivity (Wildman–Crippen MR) is 120 cm³/mol. The molecule has 0 radical (unpaired) electrons. The van der Waals surface area contributed by atoms with Crippen molar-refractivity contribution in [3.8, 4) is 10.8 Å². The molecule has 4 rings (SSSR count). The third-order valence-corrected chi connectivity index (χ3v) is 5.22. The van der Waals surface area contributed by atoms with Crippen LogP contribution in [-0.2, 0) is 13.1 Å².